The first-order valence-corrected chi connectivity index (χ1v) is 7.80. The van der Waals surface area contributed by atoms with Crippen LogP contribution in [0.2, 0.25) is 0 Å². The highest BCUT2D eigenvalue weighted by Gasteiger charge is 2.17. The van der Waals surface area contributed by atoms with Gasteiger partial charge >= 0.3 is 0 Å². The number of halogens is 1. The maximum absolute atomic E-state index is 6.18. The molecule has 2 nitrogen and oxygen atoms in total. The Morgan fingerprint density at radius 1 is 1.20 bits per heavy atom. The molecule has 1 aromatic rings. The predicted octanol–water partition coefficient (Wildman–Crippen LogP) is 4.91. The van der Waals surface area contributed by atoms with Crippen molar-refractivity contribution in [1.29, 1.82) is 0 Å². The van der Waals surface area contributed by atoms with E-state index in [0.717, 1.165) is 17.1 Å². The van der Waals surface area contributed by atoms with Gasteiger partial charge in [0.1, 0.15) is 11.5 Å². The molecule has 1 fully saturated rings. The lowest BCUT2D eigenvalue weighted by Gasteiger charge is -2.23. The summed E-state index contributed by atoms with van der Waals surface area (Å²) in [5, 5.41) is 0. The fourth-order valence-electron chi connectivity index (χ4n) is 2.89. The highest BCUT2D eigenvalue weighted by atomic mass is 35.5. The van der Waals surface area contributed by atoms with Crippen molar-refractivity contribution in [3.8, 4) is 11.5 Å². The molecule has 0 N–H and O–H groups in total. The zero-order valence-corrected chi connectivity index (χ0v) is 13.1. The minimum Gasteiger partial charge on any atom is -0.497 e. The molecule has 20 heavy (non-hydrogen) atoms. The zero-order chi connectivity index (χ0) is 14.4. The Labute approximate surface area is 126 Å². The molecule has 1 aromatic carbocycles. The van der Waals surface area contributed by atoms with E-state index in [4.69, 9.17) is 21.1 Å². The van der Waals surface area contributed by atoms with E-state index in [-0.39, 0.29) is 0 Å². The van der Waals surface area contributed by atoms with Crippen LogP contribution in [0.5, 0.6) is 11.5 Å². The number of methoxy groups -OCH3 is 2. The number of benzene rings is 1. The van der Waals surface area contributed by atoms with Crippen LogP contribution in [0.4, 0.5) is 0 Å². The van der Waals surface area contributed by atoms with E-state index in [0.29, 0.717) is 11.8 Å². The lowest BCUT2D eigenvalue weighted by Crippen LogP contribution is -2.10. The summed E-state index contributed by atoms with van der Waals surface area (Å²) in [7, 11) is 3.37. The molecule has 0 heterocycles. The highest BCUT2D eigenvalue weighted by Crippen LogP contribution is 2.33. The first-order valence-electron chi connectivity index (χ1n) is 7.27. The molecular formula is C17H23ClO2. The van der Waals surface area contributed by atoms with Crippen LogP contribution in [0.1, 0.15) is 37.7 Å². The lowest BCUT2D eigenvalue weighted by molar-refractivity contribution is 0.400. The minimum atomic E-state index is 0.588. The summed E-state index contributed by atoms with van der Waals surface area (Å²) in [4.78, 5) is 0. The molecule has 0 saturated heterocycles. The van der Waals surface area contributed by atoms with Crippen LogP contribution in [-0.2, 0) is 0 Å². The Kier molecular flexibility index (Phi) is 5.78. The molecule has 0 radical (unpaired) electrons. The summed E-state index contributed by atoms with van der Waals surface area (Å²) >= 11 is 6.18. The van der Waals surface area contributed by atoms with Crippen LogP contribution in [0.15, 0.2) is 23.8 Å². The molecule has 0 aromatic heterocycles. The van der Waals surface area contributed by atoms with Crippen molar-refractivity contribution in [2.24, 2.45) is 5.92 Å². The molecule has 2 rings (SSSR count). The Morgan fingerprint density at radius 2 is 1.95 bits per heavy atom. The maximum Gasteiger partial charge on any atom is 0.126 e. The smallest absolute Gasteiger partial charge is 0.126 e. The van der Waals surface area contributed by atoms with Crippen LogP contribution in [-0.4, -0.2) is 20.1 Å². The monoisotopic (exact) mass is 294 g/mol. The number of rotatable bonds is 5. The number of hydrogen-bond acceptors (Lipinski definition) is 2. The Balaban J connectivity index is 2.29. The van der Waals surface area contributed by atoms with Crippen molar-refractivity contribution in [2.45, 2.75) is 32.1 Å². The summed E-state index contributed by atoms with van der Waals surface area (Å²) in [6, 6.07) is 5.86. The molecule has 0 atom stereocenters. The van der Waals surface area contributed by atoms with Crippen molar-refractivity contribution >= 4 is 17.7 Å². The van der Waals surface area contributed by atoms with Crippen molar-refractivity contribution in [1.82, 2.24) is 0 Å². The summed E-state index contributed by atoms with van der Waals surface area (Å²) in [6.45, 7) is 0. The van der Waals surface area contributed by atoms with E-state index < -0.39 is 0 Å². The Morgan fingerprint density at radius 3 is 2.55 bits per heavy atom. The SMILES string of the molecule is COc1ccc(OC)c(/C=C(/CCl)C2CCCCC2)c1. The molecule has 3 heteroatoms. The number of ether oxygens (including phenoxy) is 2. The Bertz CT molecular complexity index is 462. The highest BCUT2D eigenvalue weighted by molar-refractivity contribution is 6.19. The molecule has 1 aliphatic rings. The summed E-state index contributed by atoms with van der Waals surface area (Å²) in [6.07, 6.45) is 8.68. The van der Waals surface area contributed by atoms with E-state index >= 15 is 0 Å². The lowest BCUT2D eigenvalue weighted by atomic mass is 9.83. The molecule has 1 saturated carbocycles. The van der Waals surface area contributed by atoms with Gasteiger partial charge in [0.2, 0.25) is 0 Å². The van der Waals surface area contributed by atoms with Gasteiger partial charge in [0.05, 0.1) is 14.2 Å². The normalized spacial score (nSPS) is 17.1. The average Bonchev–Trinajstić information content (AvgIpc) is 2.53. The quantitative estimate of drug-likeness (QED) is 0.719. The van der Waals surface area contributed by atoms with Gasteiger partial charge in [0.25, 0.3) is 0 Å². The van der Waals surface area contributed by atoms with Gasteiger partial charge in [-0.25, -0.2) is 0 Å². The van der Waals surface area contributed by atoms with Gasteiger partial charge in [-0.15, -0.1) is 11.6 Å². The van der Waals surface area contributed by atoms with Crippen molar-refractivity contribution in [3.63, 3.8) is 0 Å². The van der Waals surface area contributed by atoms with E-state index in [2.05, 4.69) is 6.08 Å². The fraction of sp³-hybridized carbons (Fsp3) is 0.529. The second-order valence-electron chi connectivity index (χ2n) is 5.30. The van der Waals surface area contributed by atoms with Crippen LogP contribution >= 0.6 is 11.6 Å². The van der Waals surface area contributed by atoms with Crippen LogP contribution in [0, 0.1) is 5.92 Å². The summed E-state index contributed by atoms with van der Waals surface area (Å²) in [5.74, 6) is 2.92. The molecular weight excluding hydrogens is 272 g/mol. The topological polar surface area (TPSA) is 18.5 Å². The van der Waals surface area contributed by atoms with E-state index in [1.54, 1.807) is 14.2 Å². The second kappa shape index (κ2) is 7.58. The molecule has 0 aliphatic heterocycles. The molecule has 1 aliphatic carbocycles. The van der Waals surface area contributed by atoms with Gasteiger partial charge in [-0.2, -0.15) is 0 Å². The first kappa shape index (κ1) is 15.2. The maximum atomic E-state index is 6.18. The predicted molar refractivity (Wildman–Crippen MR) is 84.8 cm³/mol. The molecule has 0 spiro atoms. The average molecular weight is 295 g/mol. The van der Waals surface area contributed by atoms with E-state index in [1.807, 2.05) is 18.2 Å². The third-order valence-corrected chi connectivity index (χ3v) is 4.37. The van der Waals surface area contributed by atoms with Crippen molar-refractivity contribution < 1.29 is 9.47 Å². The number of alkyl halides is 1. The first-order chi connectivity index (χ1) is 9.78. The zero-order valence-electron chi connectivity index (χ0n) is 12.3. The van der Waals surface area contributed by atoms with Crippen LogP contribution < -0.4 is 9.47 Å². The molecule has 0 unspecified atom stereocenters. The largest absolute Gasteiger partial charge is 0.497 e. The van der Waals surface area contributed by atoms with Gasteiger partial charge in [-0.3, -0.25) is 0 Å². The van der Waals surface area contributed by atoms with Crippen LogP contribution in [0.25, 0.3) is 6.08 Å². The standard InChI is InChI=1S/C17H23ClO2/c1-19-16-8-9-17(20-2)14(11-16)10-15(12-18)13-6-4-3-5-7-13/h8-11,13H,3-7,12H2,1-2H3/b15-10-. The molecule has 110 valence electrons. The van der Waals surface area contributed by atoms with E-state index in [9.17, 15) is 0 Å². The second-order valence-corrected chi connectivity index (χ2v) is 5.56. The van der Waals surface area contributed by atoms with Crippen LogP contribution in [0.3, 0.4) is 0 Å². The minimum absolute atomic E-state index is 0.588. The summed E-state index contributed by atoms with van der Waals surface area (Å²) in [5.41, 5.74) is 2.37. The third kappa shape index (κ3) is 3.69. The fourth-order valence-corrected chi connectivity index (χ4v) is 3.19. The molecule has 0 bridgehead atoms. The van der Waals surface area contributed by atoms with Gasteiger partial charge in [0, 0.05) is 11.4 Å². The van der Waals surface area contributed by atoms with E-state index in [1.165, 1.54) is 37.7 Å². The summed E-state index contributed by atoms with van der Waals surface area (Å²) < 4.78 is 10.7. The van der Waals surface area contributed by atoms with Crippen molar-refractivity contribution in [2.75, 3.05) is 20.1 Å². The van der Waals surface area contributed by atoms with Gasteiger partial charge < -0.3 is 9.47 Å². The number of allylic oxidation sites excluding steroid dienone is 1. The van der Waals surface area contributed by atoms with Gasteiger partial charge in [0.15, 0.2) is 0 Å². The Hall–Kier alpha value is -1.15. The van der Waals surface area contributed by atoms with Gasteiger partial charge in [-0.05, 0) is 37.0 Å². The molecule has 0 amide bonds. The number of hydrogen-bond donors (Lipinski definition) is 0. The van der Waals surface area contributed by atoms with Gasteiger partial charge in [-0.1, -0.05) is 30.9 Å². The van der Waals surface area contributed by atoms with Crippen molar-refractivity contribution in [3.05, 3.63) is 29.3 Å². The third-order valence-electron chi connectivity index (χ3n) is 4.06.